The van der Waals surface area contributed by atoms with Crippen LogP contribution in [-0.2, 0) is 9.47 Å². The van der Waals surface area contributed by atoms with Crippen LogP contribution < -0.4 is 0 Å². The molecule has 0 atom stereocenters. The predicted molar refractivity (Wildman–Crippen MR) is 83.9 cm³/mol. The summed E-state index contributed by atoms with van der Waals surface area (Å²) in [6, 6.07) is 0. The summed E-state index contributed by atoms with van der Waals surface area (Å²) in [4.78, 5) is 12.1. The Morgan fingerprint density at radius 1 is 0.850 bits per heavy atom. The van der Waals surface area contributed by atoms with Crippen molar-refractivity contribution in [3.05, 3.63) is 0 Å². The summed E-state index contributed by atoms with van der Waals surface area (Å²) >= 11 is 0. The Morgan fingerprint density at radius 3 is 1.65 bits per heavy atom. The van der Waals surface area contributed by atoms with E-state index in [2.05, 4.69) is 41.5 Å². The van der Waals surface area contributed by atoms with Crippen molar-refractivity contribution >= 4 is 6.16 Å². The molecule has 0 saturated heterocycles. The molecule has 3 nitrogen and oxygen atoms in total. The van der Waals surface area contributed by atoms with Gasteiger partial charge in [0.05, 0.1) is 0 Å². The van der Waals surface area contributed by atoms with Crippen LogP contribution in [0.15, 0.2) is 0 Å². The van der Waals surface area contributed by atoms with Crippen molar-refractivity contribution in [1.82, 2.24) is 0 Å². The molecule has 3 heteroatoms. The van der Waals surface area contributed by atoms with Gasteiger partial charge in [-0.1, -0.05) is 48.0 Å². The molecule has 0 aliphatic rings. The SMILES string of the molecule is CCCC(C)(C)OC(=O)OC(C)(C)C(C)(C)C(C)(C)C. The van der Waals surface area contributed by atoms with E-state index in [0.717, 1.165) is 12.8 Å². The van der Waals surface area contributed by atoms with Crippen molar-refractivity contribution in [3.8, 4) is 0 Å². The third-order valence-corrected chi connectivity index (χ3v) is 4.93. The molecule has 0 aromatic heterocycles. The first kappa shape index (κ1) is 19.3. The molecule has 0 rings (SSSR count). The quantitative estimate of drug-likeness (QED) is 0.620. The smallest absolute Gasteiger partial charge is 0.428 e. The van der Waals surface area contributed by atoms with Gasteiger partial charge in [-0.15, -0.1) is 0 Å². The Bertz CT molecular complexity index is 333. The van der Waals surface area contributed by atoms with Crippen LogP contribution in [0.25, 0.3) is 0 Å². The number of carbonyl (C=O) groups is 1. The van der Waals surface area contributed by atoms with Crippen LogP contribution >= 0.6 is 0 Å². The Kier molecular flexibility index (Phi) is 5.73. The van der Waals surface area contributed by atoms with Gasteiger partial charge in [-0.3, -0.25) is 0 Å². The van der Waals surface area contributed by atoms with Gasteiger partial charge in [-0.25, -0.2) is 4.79 Å². The molecule has 0 bridgehead atoms. The zero-order valence-corrected chi connectivity index (χ0v) is 15.1. The molecule has 0 radical (unpaired) electrons. The van der Waals surface area contributed by atoms with Gasteiger partial charge in [0, 0.05) is 5.41 Å². The molecule has 120 valence electrons. The van der Waals surface area contributed by atoms with Crippen LogP contribution in [0.2, 0.25) is 0 Å². The van der Waals surface area contributed by atoms with E-state index in [4.69, 9.17) is 9.47 Å². The average molecular weight is 286 g/mol. The Morgan fingerprint density at radius 2 is 1.30 bits per heavy atom. The van der Waals surface area contributed by atoms with Crippen molar-refractivity contribution < 1.29 is 14.3 Å². The highest BCUT2D eigenvalue weighted by Gasteiger charge is 2.48. The number of carbonyl (C=O) groups excluding carboxylic acids is 1. The molecule has 20 heavy (non-hydrogen) atoms. The molecule has 0 N–H and O–H groups in total. The standard InChI is InChI=1S/C17H34O3/c1-11-12-15(5,6)19-13(18)20-17(9,10)16(7,8)14(2,3)4/h11-12H2,1-10H3. The highest BCUT2D eigenvalue weighted by atomic mass is 16.7. The lowest BCUT2D eigenvalue weighted by Gasteiger charge is -2.49. The van der Waals surface area contributed by atoms with Crippen LogP contribution in [0.5, 0.6) is 0 Å². The van der Waals surface area contributed by atoms with Crippen molar-refractivity contribution in [2.24, 2.45) is 10.8 Å². The minimum atomic E-state index is -0.607. The Hall–Kier alpha value is -0.730. The van der Waals surface area contributed by atoms with E-state index >= 15 is 0 Å². The highest BCUT2D eigenvalue weighted by Crippen LogP contribution is 2.48. The fourth-order valence-electron chi connectivity index (χ4n) is 2.14. The first-order chi connectivity index (χ1) is 8.66. The summed E-state index contributed by atoms with van der Waals surface area (Å²) in [5, 5.41) is 0. The molecule has 0 spiro atoms. The minimum Gasteiger partial charge on any atom is -0.428 e. The maximum atomic E-state index is 12.1. The molecular formula is C17H34O3. The molecule has 0 amide bonds. The Labute approximate surface area is 125 Å². The third-order valence-electron chi connectivity index (χ3n) is 4.93. The van der Waals surface area contributed by atoms with Gasteiger partial charge in [0.25, 0.3) is 0 Å². The molecule has 0 heterocycles. The minimum absolute atomic E-state index is 0.00964. The lowest BCUT2D eigenvalue weighted by atomic mass is 9.61. The van der Waals surface area contributed by atoms with Crippen molar-refractivity contribution in [1.29, 1.82) is 0 Å². The van der Waals surface area contributed by atoms with E-state index in [9.17, 15) is 4.79 Å². The lowest BCUT2D eigenvalue weighted by molar-refractivity contribution is -0.133. The van der Waals surface area contributed by atoms with E-state index in [1.165, 1.54) is 0 Å². The monoisotopic (exact) mass is 286 g/mol. The van der Waals surface area contributed by atoms with Gasteiger partial charge >= 0.3 is 6.16 Å². The van der Waals surface area contributed by atoms with Crippen LogP contribution in [0.4, 0.5) is 4.79 Å². The maximum absolute atomic E-state index is 12.1. The van der Waals surface area contributed by atoms with Gasteiger partial charge in [0.15, 0.2) is 0 Å². The van der Waals surface area contributed by atoms with Gasteiger partial charge in [0.2, 0.25) is 0 Å². The molecule has 0 aromatic carbocycles. The van der Waals surface area contributed by atoms with Crippen molar-refractivity contribution in [2.45, 2.75) is 93.3 Å². The molecule has 0 saturated carbocycles. The fourth-order valence-corrected chi connectivity index (χ4v) is 2.14. The third kappa shape index (κ3) is 4.68. The van der Waals surface area contributed by atoms with Gasteiger partial charge in [0.1, 0.15) is 11.2 Å². The average Bonchev–Trinajstić information content (AvgIpc) is 2.12. The zero-order valence-electron chi connectivity index (χ0n) is 15.1. The fraction of sp³-hybridized carbons (Fsp3) is 0.941. The van der Waals surface area contributed by atoms with Gasteiger partial charge in [-0.2, -0.15) is 0 Å². The summed E-state index contributed by atoms with van der Waals surface area (Å²) in [5.41, 5.74) is -1.26. The molecule has 0 unspecified atom stereocenters. The molecular weight excluding hydrogens is 252 g/mol. The molecule has 0 aliphatic carbocycles. The van der Waals surface area contributed by atoms with E-state index in [0.29, 0.717) is 0 Å². The van der Waals surface area contributed by atoms with Crippen LogP contribution in [0, 0.1) is 10.8 Å². The zero-order chi connectivity index (χ0) is 16.4. The number of rotatable bonds is 5. The molecule has 0 aromatic rings. The van der Waals surface area contributed by atoms with E-state index in [1.54, 1.807) is 0 Å². The normalized spacial score (nSPS) is 14.1. The highest BCUT2D eigenvalue weighted by molar-refractivity contribution is 5.61. The maximum Gasteiger partial charge on any atom is 0.509 e. The Balaban J connectivity index is 4.90. The summed E-state index contributed by atoms with van der Waals surface area (Å²) in [6.07, 6.45) is 1.22. The first-order valence-electron chi connectivity index (χ1n) is 7.58. The largest absolute Gasteiger partial charge is 0.509 e. The van der Waals surface area contributed by atoms with E-state index in [-0.39, 0.29) is 10.8 Å². The van der Waals surface area contributed by atoms with Crippen LogP contribution in [0.3, 0.4) is 0 Å². The van der Waals surface area contributed by atoms with Crippen LogP contribution in [-0.4, -0.2) is 17.4 Å². The number of hydrogen-bond acceptors (Lipinski definition) is 3. The number of ether oxygens (including phenoxy) is 2. The second kappa shape index (κ2) is 5.95. The first-order valence-corrected chi connectivity index (χ1v) is 7.58. The topological polar surface area (TPSA) is 35.5 Å². The van der Waals surface area contributed by atoms with E-state index < -0.39 is 17.4 Å². The second-order valence-corrected chi connectivity index (χ2v) is 8.35. The van der Waals surface area contributed by atoms with Crippen LogP contribution in [0.1, 0.15) is 82.1 Å². The summed E-state index contributed by atoms with van der Waals surface area (Å²) in [5.74, 6) is 0. The molecule has 0 fully saturated rings. The van der Waals surface area contributed by atoms with Crippen molar-refractivity contribution in [2.75, 3.05) is 0 Å². The summed E-state index contributed by atoms with van der Waals surface area (Å²) in [7, 11) is 0. The van der Waals surface area contributed by atoms with Gasteiger partial charge in [-0.05, 0) is 39.5 Å². The van der Waals surface area contributed by atoms with Crippen molar-refractivity contribution in [3.63, 3.8) is 0 Å². The van der Waals surface area contributed by atoms with Gasteiger partial charge < -0.3 is 9.47 Å². The lowest BCUT2D eigenvalue weighted by Crippen LogP contribution is -2.51. The predicted octanol–water partition coefficient (Wildman–Crippen LogP) is 5.57. The number of hydrogen-bond donors (Lipinski definition) is 0. The summed E-state index contributed by atoms with van der Waals surface area (Å²) in [6.45, 7) is 20.5. The molecule has 0 aliphatic heterocycles. The second-order valence-electron chi connectivity index (χ2n) is 8.35. The summed E-state index contributed by atoms with van der Waals surface area (Å²) < 4.78 is 11.1. The van der Waals surface area contributed by atoms with E-state index in [1.807, 2.05) is 27.7 Å².